The first-order valence-electron chi connectivity index (χ1n) is 11.7. The average molecular weight is 435 g/mol. The molecule has 4 heteroatoms. The van der Waals surface area contributed by atoms with Crippen molar-refractivity contribution in [3.8, 4) is 0 Å². The summed E-state index contributed by atoms with van der Waals surface area (Å²) in [5.74, 6) is 0.440. The van der Waals surface area contributed by atoms with Crippen LogP contribution in [0.4, 0.5) is 0 Å². The molecule has 0 spiro atoms. The van der Waals surface area contributed by atoms with Crippen LogP contribution >= 0.6 is 0 Å². The fourth-order valence-electron chi connectivity index (χ4n) is 3.97. The number of rotatable bonds is 7. The lowest BCUT2D eigenvalue weighted by Crippen LogP contribution is -2.43. The minimum Gasteiger partial charge on any atom is -0.379 e. The van der Waals surface area contributed by atoms with Crippen LogP contribution in [0.1, 0.15) is 68.8 Å². The molecular weight excluding hydrogens is 396 g/mol. The molecule has 1 saturated heterocycles. The number of nitrogens with zero attached hydrogens (tertiary/aromatic N) is 1. The minimum absolute atomic E-state index is 0.0676. The van der Waals surface area contributed by atoms with E-state index >= 15 is 0 Å². The molecule has 1 heterocycles. The molecule has 32 heavy (non-hydrogen) atoms. The Hall–Kier alpha value is -2.43. The first-order chi connectivity index (χ1) is 15.2. The highest BCUT2D eigenvalue weighted by molar-refractivity contribution is 5.91. The summed E-state index contributed by atoms with van der Waals surface area (Å²) >= 11 is 0. The van der Waals surface area contributed by atoms with Crippen molar-refractivity contribution in [2.75, 3.05) is 32.8 Å². The van der Waals surface area contributed by atoms with Crippen LogP contribution in [0, 0.1) is 0 Å². The number of nitrogens with one attached hydrogen (secondary N) is 1. The number of ether oxygens (including phenoxy) is 1. The predicted molar refractivity (Wildman–Crippen MR) is 133 cm³/mol. The van der Waals surface area contributed by atoms with E-state index in [9.17, 15) is 4.79 Å². The van der Waals surface area contributed by atoms with Crippen molar-refractivity contribution in [1.82, 2.24) is 10.2 Å². The summed E-state index contributed by atoms with van der Waals surface area (Å²) in [4.78, 5) is 15.0. The third-order valence-corrected chi connectivity index (χ3v) is 6.15. The molecule has 0 bridgehead atoms. The highest BCUT2D eigenvalue weighted by Gasteiger charge is 2.23. The lowest BCUT2D eigenvalue weighted by Gasteiger charge is -2.35. The molecule has 1 amide bonds. The molecule has 0 saturated carbocycles. The molecule has 0 aromatic heterocycles. The topological polar surface area (TPSA) is 41.6 Å². The van der Waals surface area contributed by atoms with E-state index in [1.54, 1.807) is 6.08 Å². The van der Waals surface area contributed by atoms with Gasteiger partial charge in [0.1, 0.15) is 0 Å². The highest BCUT2D eigenvalue weighted by Crippen LogP contribution is 2.24. The quantitative estimate of drug-likeness (QED) is 0.601. The van der Waals surface area contributed by atoms with Gasteiger partial charge in [0.15, 0.2) is 0 Å². The fraction of sp³-hybridized carbons (Fsp3) is 0.464. The second-order valence-electron chi connectivity index (χ2n) is 9.94. The average Bonchev–Trinajstić information content (AvgIpc) is 2.78. The number of hydrogen-bond donors (Lipinski definition) is 1. The molecule has 2 aromatic carbocycles. The number of morpholine rings is 1. The van der Waals surface area contributed by atoms with E-state index in [-0.39, 0.29) is 17.4 Å². The fourth-order valence-corrected chi connectivity index (χ4v) is 3.97. The molecule has 172 valence electrons. The van der Waals surface area contributed by atoms with Crippen molar-refractivity contribution in [3.63, 3.8) is 0 Å². The van der Waals surface area contributed by atoms with Gasteiger partial charge in [-0.3, -0.25) is 9.69 Å². The Bertz CT molecular complexity index is 887. The summed E-state index contributed by atoms with van der Waals surface area (Å²) in [6, 6.07) is 17.4. The van der Waals surface area contributed by atoms with E-state index < -0.39 is 0 Å². The van der Waals surface area contributed by atoms with Crippen molar-refractivity contribution in [2.24, 2.45) is 0 Å². The zero-order valence-electron chi connectivity index (χ0n) is 20.2. The molecule has 1 atom stereocenters. The van der Waals surface area contributed by atoms with Crippen LogP contribution in [0.25, 0.3) is 6.08 Å². The molecule has 1 aliphatic rings. The summed E-state index contributed by atoms with van der Waals surface area (Å²) in [7, 11) is 0. The molecular formula is C28H38N2O2. The van der Waals surface area contributed by atoms with Gasteiger partial charge < -0.3 is 10.1 Å². The van der Waals surface area contributed by atoms with Gasteiger partial charge in [0.2, 0.25) is 5.91 Å². The zero-order chi connectivity index (χ0) is 23.1. The van der Waals surface area contributed by atoms with Gasteiger partial charge in [-0.2, -0.15) is 0 Å². The Balaban J connectivity index is 1.64. The first-order valence-corrected chi connectivity index (χ1v) is 11.7. The number of hydrogen-bond acceptors (Lipinski definition) is 3. The SMILES string of the molecule is CC(C)c1ccc(C(CNC(=O)C=Cc2ccc(C(C)(C)C)cc2)N2CCOCC2)cc1. The maximum absolute atomic E-state index is 12.6. The maximum atomic E-state index is 12.6. The van der Waals surface area contributed by atoms with Crippen molar-refractivity contribution >= 4 is 12.0 Å². The van der Waals surface area contributed by atoms with Gasteiger partial charge in [-0.05, 0) is 39.7 Å². The Morgan fingerprint density at radius 2 is 1.59 bits per heavy atom. The highest BCUT2D eigenvalue weighted by atomic mass is 16.5. The van der Waals surface area contributed by atoms with Gasteiger partial charge in [-0.25, -0.2) is 0 Å². The van der Waals surface area contributed by atoms with Crippen molar-refractivity contribution < 1.29 is 9.53 Å². The van der Waals surface area contributed by atoms with Crippen LogP contribution in [0.3, 0.4) is 0 Å². The Labute approximate surface area is 193 Å². The van der Waals surface area contributed by atoms with Crippen LogP contribution in [0.5, 0.6) is 0 Å². The normalized spacial score (nSPS) is 16.4. The second-order valence-corrected chi connectivity index (χ2v) is 9.94. The smallest absolute Gasteiger partial charge is 0.244 e. The van der Waals surface area contributed by atoms with Gasteiger partial charge >= 0.3 is 0 Å². The third kappa shape index (κ3) is 6.78. The van der Waals surface area contributed by atoms with Gasteiger partial charge in [-0.1, -0.05) is 83.1 Å². The van der Waals surface area contributed by atoms with Crippen molar-refractivity contribution in [2.45, 2.75) is 52.0 Å². The first kappa shape index (κ1) is 24.2. The standard InChI is InChI=1S/C28H38N2O2/c1-21(2)23-9-11-24(12-10-23)26(30-16-18-32-19-17-30)20-29-27(31)15-8-22-6-13-25(14-7-22)28(3,4)5/h6-15,21,26H,16-20H2,1-5H3,(H,29,31). The van der Waals surface area contributed by atoms with Crippen molar-refractivity contribution in [1.29, 1.82) is 0 Å². The molecule has 1 N–H and O–H groups in total. The van der Waals surface area contributed by atoms with Crippen LogP contribution in [0.15, 0.2) is 54.6 Å². The lowest BCUT2D eigenvalue weighted by molar-refractivity contribution is -0.116. The number of carbonyl (C=O) groups is 1. The van der Waals surface area contributed by atoms with E-state index in [1.807, 2.05) is 6.08 Å². The number of carbonyl (C=O) groups excluding carboxylic acids is 1. The second kappa shape index (κ2) is 10.9. The Morgan fingerprint density at radius 1 is 1.00 bits per heavy atom. The predicted octanol–water partition coefficient (Wildman–Crippen LogP) is 5.31. The third-order valence-electron chi connectivity index (χ3n) is 6.15. The molecule has 1 aliphatic heterocycles. The van der Waals surface area contributed by atoms with Gasteiger partial charge in [0.25, 0.3) is 0 Å². The van der Waals surface area contributed by atoms with Crippen LogP contribution < -0.4 is 5.32 Å². The van der Waals surface area contributed by atoms with Crippen LogP contribution in [-0.4, -0.2) is 43.7 Å². The van der Waals surface area contributed by atoms with Gasteiger partial charge in [0.05, 0.1) is 19.3 Å². The van der Waals surface area contributed by atoms with E-state index in [0.29, 0.717) is 12.5 Å². The van der Waals surface area contributed by atoms with E-state index in [0.717, 1.165) is 31.9 Å². The molecule has 0 aliphatic carbocycles. The lowest BCUT2D eigenvalue weighted by atomic mass is 9.87. The van der Waals surface area contributed by atoms with E-state index in [4.69, 9.17) is 4.74 Å². The maximum Gasteiger partial charge on any atom is 0.244 e. The molecule has 3 rings (SSSR count). The molecule has 1 unspecified atom stereocenters. The summed E-state index contributed by atoms with van der Waals surface area (Å²) in [6.07, 6.45) is 3.51. The minimum atomic E-state index is -0.0676. The Kier molecular flexibility index (Phi) is 8.27. The molecule has 4 nitrogen and oxygen atoms in total. The molecule has 1 fully saturated rings. The van der Waals surface area contributed by atoms with E-state index in [1.165, 1.54) is 16.7 Å². The summed E-state index contributed by atoms with van der Waals surface area (Å²) in [6.45, 7) is 14.8. The zero-order valence-corrected chi connectivity index (χ0v) is 20.2. The molecule has 2 aromatic rings. The summed E-state index contributed by atoms with van der Waals surface area (Å²) in [5.41, 5.74) is 5.01. The largest absolute Gasteiger partial charge is 0.379 e. The number of benzene rings is 2. The van der Waals surface area contributed by atoms with Gasteiger partial charge in [0, 0.05) is 25.7 Å². The van der Waals surface area contributed by atoms with Gasteiger partial charge in [-0.15, -0.1) is 0 Å². The van der Waals surface area contributed by atoms with E-state index in [2.05, 4.69) is 93.4 Å². The molecule has 0 radical (unpaired) electrons. The summed E-state index contributed by atoms with van der Waals surface area (Å²) in [5, 5.41) is 3.11. The van der Waals surface area contributed by atoms with Crippen LogP contribution in [-0.2, 0) is 14.9 Å². The summed E-state index contributed by atoms with van der Waals surface area (Å²) < 4.78 is 5.54. The monoisotopic (exact) mass is 434 g/mol. The van der Waals surface area contributed by atoms with Crippen LogP contribution in [0.2, 0.25) is 0 Å². The number of amides is 1. The Morgan fingerprint density at radius 3 is 2.16 bits per heavy atom. The van der Waals surface area contributed by atoms with Crippen molar-refractivity contribution in [3.05, 3.63) is 76.9 Å².